The van der Waals surface area contributed by atoms with Crippen molar-refractivity contribution in [2.45, 2.75) is 90.1 Å². The maximum atomic E-state index is 11.3. The fourth-order valence-electron chi connectivity index (χ4n) is 2.27. The van der Waals surface area contributed by atoms with E-state index in [9.17, 15) is 9.59 Å². The van der Waals surface area contributed by atoms with E-state index in [4.69, 9.17) is 9.84 Å². The first-order valence-electron chi connectivity index (χ1n) is 8.50. The minimum Gasteiger partial charge on any atom is -0.452 e. The fourth-order valence-corrected chi connectivity index (χ4v) is 2.27. The highest BCUT2D eigenvalue weighted by Gasteiger charge is 2.11. The second-order valence-electron chi connectivity index (χ2n) is 5.63. The lowest BCUT2D eigenvalue weighted by Gasteiger charge is -2.08. The Bertz CT molecular complexity index is 253. The predicted octanol–water partition coefficient (Wildman–Crippen LogP) is 3.79. The number of hydrogen-bond acceptors (Lipinski definition) is 4. The maximum Gasteiger partial charge on any atom is 0.306 e. The largest absolute Gasteiger partial charge is 0.452 e. The molecule has 0 rings (SSSR count). The summed E-state index contributed by atoms with van der Waals surface area (Å²) in [6, 6.07) is 0. The number of esters is 1. The average Bonchev–Trinajstić information content (AvgIpc) is 2.50. The molecule has 0 aromatic rings. The minimum atomic E-state index is -0.995. The van der Waals surface area contributed by atoms with Crippen LogP contribution >= 0.6 is 0 Å². The molecule has 0 saturated carbocycles. The molecule has 0 aliphatic heterocycles. The summed E-state index contributed by atoms with van der Waals surface area (Å²) in [5, 5.41) is 8.73. The van der Waals surface area contributed by atoms with Crippen LogP contribution in [0, 0.1) is 0 Å². The average molecular weight is 300 g/mol. The van der Waals surface area contributed by atoms with Gasteiger partial charge in [0.05, 0.1) is 6.61 Å². The summed E-state index contributed by atoms with van der Waals surface area (Å²) in [6.07, 6.45) is 13.4. The van der Waals surface area contributed by atoms with Crippen molar-refractivity contribution in [2.75, 3.05) is 6.61 Å². The lowest BCUT2D eigenvalue weighted by molar-refractivity contribution is -0.153. The number of aliphatic hydroxyl groups excluding tert-OH is 1. The molecule has 1 atom stereocenters. The number of hydrogen-bond donors (Lipinski definition) is 1. The van der Waals surface area contributed by atoms with Crippen LogP contribution in [0.1, 0.15) is 84.0 Å². The van der Waals surface area contributed by atoms with Gasteiger partial charge >= 0.3 is 5.97 Å². The molecule has 1 unspecified atom stereocenters. The van der Waals surface area contributed by atoms with Gasteiger partial charge in [-0.25, -0.2) is 0 Å². The highest BCUT2D eigenvalue weighted by atomic mass is 16.6. The van der Waals surface area contributed by atoms with Gasteiger partial charge in [0, 0.05) is 6.42 Å². The van der Waals surface area contributed by atoms with Crippen LogP contribution < -0.4 is 0 Å². The van der Waals surface area contributed by atoms with Gasteiger partial charge in [-0.3, -0.25) is 9.59 Å². The summed E-state index contributed by atoms with van der Waals surface area (Å²) < 4.78 is 4.78. The molecule has 0 amide bonds. The van der Waals surface area contributed by atoms with Gasteiger partial charge in [0.25, 0.3) is 0 Å². The highest BCUT2D eigenvalue weighted by Crippen LogP contribution is 2.12. The van der Waals surface area contributed by atoms with Crippen LogP contribution in [0.5, 0.6) is 0 Å². The van der Waals surface area contributed by atoms with Gasteiger partial charge in [0.15, 0.2) is 12.4 Å². The molecule has 0 aromatic carbocycles. The first-order valence-corrected chi connectivity index (χ1v) is 8.50. The van der Waals surface area contributed by atoms with Crippen LogP contribution in [0.2, 0.25) is 0 Å². The smallest absolute Gasteiger partial charge is 0.306 e. The first-order chi connectivity index (χ1) is 10.2. The summed E-state index contributed by atoms with van der Waals surface area (Å²) >= 11 is 0. The van der Waals surface area contributed by atoms with Crippen molar-refractivity contribution in [3.63, 3.8) is 0 Å². The number of rotatable bonds is 15. The van der Waals surface area contributed by atoms with Crippen molar-refractivity contribution >= 4 is 12.3 Å². The topological polar surface area (TPSA) is 63.6 Å². The molecule has 4 heteroatoms. The second kappa shape index (κ2) is 15.5. The maximum absolute atomic E-state index is 11.3. The first kappa shape index (κ1) is 20.1. The lowest BCUT2D eigenvalue weighted by atomic mass is 10.1. The van der Waals surface area contributed by atoms with Gasteiger partial charge in [-0.05, 0) is 6.42 Å². The summed E-state index contributed by atoms with van der Waals surface area (Å²) in [4.78, 5) is 21.7. The van der Waals surface area contributed by atoms with Crippen LogP contribution in [-0.2, 0) is 14.3 Å². The van der Waals surface area contributed by atoms with Crippen LogP contribution in [0.15, 0.2) is 0 Å². The molecule has 0 aliphatic rings. The normalized spacial score (nSPS) is 12.1. The molecule has 1 N–H and O–H groups in total. The van der Waals surface area contributed by atoms with E-state index in [1.54, 1.807) is 0 Å². The molecule has 0 heterocycles. The summed E-state index contributed by atoms with van der Waals surface area (Å²) in [5.41, 5.74) is 0. The molecular formula is C17H32O4. The van der Waals surface area contributed by atoms with Gasteiger partial charge in [-0.15, -0.1) is 0 Å². The molecule has 124 valence electrons. The van der Waals surface area contributed by atoms with Gasteiger partial charge in [0.2, 0.25) is 0 Å². The second-order valence-corrected chi connectivity index (χ2v) is 5.63. The van der Waals surface area contributed by atoms with Gasteiger partial charge in [-0.2, -0.15) is 0 Å². The molecule has 0 saturated heterocycles. The quantitative estimate of drug-likeness (QED) is 0.284. The van der Waals surface area contributed by atoms with E-state index in [0.717, 1.165) is 19.3 Å². The van der Waals surface area contributed by atoms with E-state index >= 15 is 0 Å². The number of carbonyl (C=O) groups excluding carboxylic acids is 2. The Morgan fingerprint density at radius 1 is 0.952 bits per heavy atom. The molecule has 21 heavy (non-hydrogen) atoms. The molecule has 0 aliphatic carbocycles. The number of carbonyl (C=O) groups is 2. The zero-order valence-electron chi connectivity index (χ0n) is 13.5. The van der Waals surface area contributed by atoms with Crippen LogP contribution in [0.25, 0.3) is 0 Å². The van der Waals surface area contributed by atoms with Crippen LogP contribution in [0.4, 0.5) is 0 Å². The van der Waals surface area contributed by atoms with Gasteiger partial charge in [0.1, 0.15) is 0 Å². The van der Waals surface area contributed by atoms with Crippen molar-refractivity contribution in [1.29, 1.82) is 0 Å². The summed E-state index contributed by atoms with van der Waals surface area (Å²) in [5.74, 6) is -0.392. The Hall–Kier alpha value is -0.900. The molecule has 0 radical (unpaired) electrons. The zero-order valence-corrected chi connectivity index (χ0v) is 13.5. The van der Waals surface area contributed by atoms with Gasteiger partial charge in [-0.1, -0.05) is 71.1 Å². The Kier molecular flexibility index (Phi) is 14.8. The Morgan fingerprint density at radius 2 is 1.43 bits per heavy atom. The summed E-state index contributed by atoms with van der Waals surface area (Å²) in [7, 11) is 0. The van der Waals surface area contributed by atoms with E-state index in [2.05, 4.69) is 6.92 Å². The van der Waals surface area contributed by atoms with Crippen molar-refractivity contribution in [2.24, 2.45) is 0 Å². The molecule has 0 bridgehead atoms. The van der Waals surface area contributed by atoms with E-state index in [0.29, 0.717) is 12.7 Å². The third-order valence-electron chi connectivity index (χ3n) is 3.60. The standard InChI is InChI=1S/C17H32O4/c1-2-3-4-5-6-7-8-9-10-11-12-13-17(20)21-16(14-18)15-19/h14,16,19H,2-13,15H2,1H3. The van der Waals surface area contributed by atoms with E-state index in [1.165, 1.54) is 51.4 Å². The number of aldehydes is 1. The van der Waals surface area contributed by atoms with Gasteiger partial charge < -0.3 is 9.84 Å². The SMILES string of the molecule is CCCCCCCCCCCCCC(=O)OC(C=O)CO. The van der Waals surface area contributed by atoms with Crippen molar-refractivity contribution in [3.05, 3.63) is 0 Å². The third kappa shape index (κ3) is 13.8. The number of aliphatic hydroxyl groups is 1. The van der Waals surface area contributed by atoms with Crippen LogP contribution in [-0.4, -0.2) is 30.1 Å². The van der Waals surface area contributed by atoms with E-state index in [1.807, 2.05) is 0 Å². The van der Waals surface area contributed by atoms with E-state index in [-0.39, 0.29) is 0 Å². The fraction of sp³-hybridized carbons (Fsp3) is 0.882. The summed E-state index contributed by atoms with van der Waals surface area (Å²) in [6.45, 7) is 1.80. The van der Waals surface area contributed by atoms with Crippen molar-refractivity contribution in [1.82, 2.24) is 0 Å². The van der Waals surface area contributed by atoms with Crippen molar-refractivity contribution in [3.8, 4) is 0 Å². The third-order valence-corrected chi connectivity index (χ3v) is 3.60. The van der Waals surface area contributed by atoms with Crippen LogP contribution in [0.3, 0.4) is 0 Å². The molecule has 4 nitrogen and oxygen atoms in total. The molecule has 0 aromatic heterocycles. The monoisotopic (exact) mass is 300 g/mol. The molecular weight excluding hydrogens is 268 g/mol. The number of ether oxygens (including phenoxy) is 1. The van der Waals surface area contributed by atoms with E-state index < -0.39 is 18.7 Å². The number of unbranched alkanes of at least 4 members (excludes halogenated alkanes) is 10. The molecule has 0 fully saturated rings. The Balaban J connectivity index is 3.25. The Labute approximate surface area is 129 Å². The molecule has 0 spiro atoms. The Morgan fingerprint density at radius 3 is 1.86 bits per heavy atom. The van der Waals surface area contributed by atoms with Crippen molar-refractivity contribution < 1.29 is 19.4 Å². The zero-order chi connectivity index (χ0) is 15.8. The minimum absolute atomic E-state index is 0.335. The highest BCUT2D eigenvalue weighted by molar-refractivity contribution is 5.72. The lowest BCUT2D eigenvalue weighted by Crippen LogP contribution is -2.23. The predicted molar refractivity (Wildman–Crippen MR) is 84.1 cm³/mol.